The number of benzene rings is 2. The molecule has 9 nitrogen and oxygen atoms in total. The van der Waals surface area contributed by atoms with E-state index in [0.29, 0.717) is 35.7 Å². The number of pyridine rings is 1. The number of fused-ring (bicyclic) bond motifs is 1. The van der Waals surface area contributed by atoms with Gasteiger partial charge in [-0.05, 0) is 62.1 Å². The molecule has 0 unspecified atom stereocenters. The van der Waals surface area contributed by atoms with E-state index in [1.165, 1.54) is 12.1 Å². The molecule has 2 aromatic heterocycles. The van der Waals surface area contributed by atoms with Crippen LogP contribution in [0, 0.1) is 17.2 Å². The van der Waals surface area contributed by atoms with E-state index in [0.717, 1.165) is 18.9 Å². The first kappa shape index (κ1) is 23.7. The van der Waals surface area contributed by atoms with Crippen LogP contribution < -0.4 is 20.7 Å². The third-order valence-electron chi connectivity index (χ3n) is 6.69. The fourth-order valence-corrected chi connectivity index (χ4v) is 4.16. The van der Waals surface area contributed by atoms with Crippen LogP contribution in [-0.4, -0.2) is 27.1 Å². The van der Waals surface area contributed by atoms with Crippen molar-refractivity contribution in [3.8, 4) is 11.5 Å². The first-order valence-corrected chi connectivity index (χ1v) is 12.3. The number of carbonyl (C=O) groups is 3. The van der Waals surface area contributed by atoms with Gasteiger partial charge in [-0.2, -0.15) is 0 Å². The third kappa shape index (κ3) is 4.80. The number of aromatic nitrogens is 2. The third-order valence-corrected chi connectivity index (χ3v) is 6.69. The zero-order valence-electron chi connectivity index (χ0n) is 20.2. The van der Waals surface area contributed by atoms with E-state index in [1.54, 1.807) is 53.2 Å². The Hall–Kier alpha value is -4.73. The zero-order chi connectivity index (χ0) is 26.3. The first-order valence-electron chi connectivity index (χ1n) is 12.3. The minimum atomic E-state index is -1.17. The quantitative estimate of drug-likeness (QED) is 0.288. The van der Waals surface area contributed by atoms with Crippen LogP contribution in [0.1, 0.15) is 25.7 Å². The average Bonchev–Trinajstić information content (AvgIpc) is 3.82. The number of hydrogen-bond donors (Lipinski definition) is 3. The summed E-state index contributed by atoms with van der Waals surface area (Å²) >= 11 is 0. The molecule has 3 N–H and O–H groups in total. The molecule has 0 spiro atoms. The predicted molar refractivity (Wildman–Crippen MR) is 138 cm³/mol. The molecule has 2 aliphatic carbocycles. The second-order valence-electron chi connectivity index (χ2n) is 9.62. The Morgan fingerprint density at radius 1 is 0.895 bits per heavy atom. The summed E-state index contributed by atoms with van der Waals surface area (Å²) in [7, 11) is 0. The summed E-state index contributed by atoms with van der Waals surface area (Å²) < 4.78 is 22.3. The smallest absolute Gasteiger partial charge is 0.240 e. The normalized spacial score (nSPS) is 15.5. The molecule has 3 amide bonds. The van der Waals surface area contributed by atoms with Crippen LogP contribution in [0.5, 0.6) is 11.5 Å². The number of nitrogens with one attached hydrogen (secondary N) is 3. The Kier molecular flexibility index (Phi) is 5.79. The van der Waals surface area contributed by atoms with Crippen LogP contribution in [0.3, 0.4) is 0 Å². The molecule has 6 rings (SSSR count). The Labute approximate surface area is 217 Å². The molecule has 0 saturated heterocycles. The van der Waals surface area contributed by atoms with Gasteiger partial charge in [0, 0.05) is 23.4 Å². The second kappa shape index (κ2) is 9.29. The molecule has 0 bridgehead atoms. The zero-order valence-corrected chi connectivity index (χ0v) is 20.2. The lowest BCUT2D eigenvalue weighted by Crippen LogP contribution is -2.35. The minimum absolute atomic E-state index is 0.0346. The molecular formula is C28H24FN5O4. The highest BCUT2D eigenvalue weighted by molar-refractivity contribution is 6.16. The maximum Gasteiger partial charge on any atom is 0.240 e. The molecule has 2 fully saturated rings. The van der Waals surface area contributed by atoms with Crippen molar-refractivity contribution in [1.82, 2.24) is 9.38 Å². The molecule has 0 aliphatic heterocycles. The van der Waals surface area contributed by atoms with E-state index < -0.39 is 17.1 Å². The average molecular weight is 514 g/mol. The predicted octanol–water partition coefficient (Wildman–Crippen LogP) is 4.97. The van der Waals surface area contributed by atoms with E-state index in [1.807, 2.05) is 6.07 Å². The highest BCUT2D eigenvalue weighted by atomic mass is 19.1. The molecule has 38 heavy (non-hydrogen) atoms. The summed E-state index contributed by atoms with van der Waals surface area (Å²) in [5.41, 5.74) is 0.267. The van der Waals surface area contributed by atoms with Crippen molar-refractivity contribution < 1.29 is 23.5 Å². The standard InChI is InChI=1S/C28H24FN5O4/c29-21-14-19(31-27(37)28(12-13-28)26(36)30-18-4-2-1-3-5-18)8-10-22(21)38-20-9-11-24-32-23(16-34(24)15-20)33-25(35)17-6-7-17/h1-5,8-11,14-17H,6-7,12-13H2,(H,30,36)(H,31,37)(H,33,35). The van der Waals surface area contributed by atoms with Gasteiger partial charge >= 0.3 is 0 Å². The lowest BCUT2D eigenvalue weighted by molar-refractivity contribution is -0.131. The monoisotopic (exact) mass is 513 g/mol. The first-order chi connectivity index (χ1) is 18.4. The van der Waals surface area contributed by atoms with Gasteiger partial charge in [0.1, 0.15) is 16.8 Å². The van der Waals surface area contributed by atoms with Crippen LogP contribution in [0.25, 0.3) is 5.65 Å². The number of nitrogens with zero attached hydrogens (tertiary/aromatic N) is 2. The molecular weight excluding hydrogens is 489 g/mol. The highest BCUT2D eigenvalue weighted by Gasteiger charge is 2.56. The molecule has 0 atom stereocenters. The van der Waals surface area contributed by atoms with Gasteiger partial charge in [0.25, 0.3) is 0 Å². The van der Waals surface area contributed by atoms with E-state index in [2.05, 4.69) is 20.9 Å². The maximum atomic E-state index is 14.9. The fraction of sp³-hybridized carbons (Fsp3) is 0.214. The Bertz CT molecular complexity index is 1560. The lowest BCUT2D eigenvalue weighted by atomic mass is 10.0. The summed E-state index contributed by atoms with van der Waals surface area (Å²) in [6.07, 6.45) is 5.94. The number of ether oxygens (including phenoxy) is 1. The fourth-order valence-electron chi connectivity index (χ4n) is 4.16. The van der Waals surface area contributed by atoms with Crippen LogP contribution in [-0.2, 0) is 14.4 Å². The molecule has 2 saturated carbocycles. The molecule has 0 radical (unpaired) electrons. The maximum absolute atomic E-state index is 14.9. The highest BCUT2D eigenvalue weighted by Crippen LogP contribution is 2.47. The van der Waals surface area contributed by atoms with Gasteiger partial charge in [0.05, 0.1) is 12.4 Å². The van der Waals surface area contributed by atoms with Crippen LogP contribution in [0.2, 0.25) is 0 Å². The lowest BCUT2D eigenvalue weighted by Gasteiger charge is -2.16. The van der Waals surface area contributed by atoms with E-state index in [9.17, 15) is 18.8 Å². The number of hydrogen-bond acceptors (Lipinski definition) is 5. The van der Waals surface area contributed by atoms with Crippen molar-refractivity contribution in [2.45, 2.75) is 25.7 Å². The Morgan fingerprint density at radius 3 is 2.32 bits per heavy atom. The number of imidazole rings is 1. The van der Waals surface area contributed by atoms with E-state index in [-0.39, 0.29) is 29.2 Å². The number of carbonyl (C=O) groups excluding carboxylic acids is 3. The van der Waals surface area contributed by atoms with Crippen molar-refractivity contribution in [3.05, 3.63) is 78.9 Å². The van der Waals surface area contributed by atoms with Gasteiger partial charge in [-0.1, -0.05) is 18.2 Å². The number of halogens is 1. The van der Waals surface area contributed by atoms with Crippen LogP contribution >= 0.6 is 0 Å². The van der Waals surface area contributed by atoms with Crippen LogP contribution in [0.4, 0.5) is 21.6 Å². The summed E-state index contributed by atoms with van der Waals surface area (Å²) in [6.45, 7) is 0. The second-order valence-corrected chi connectivity index (χ2v) is 9.62. The van der Waals surface area contributed by atoms with Gasteiger partial charge in [0.2, 0.25) is 17.7 Å². The van der Waals surface area contributed by atoms with Gasteiger partial charge in [-0.3, -0.25) is 14.4 Å². The van der Waals surface area contributed by atoms with E-state index >= 15 is 0 Å². The molecule has 192 valence electrons. The van der Waals surface area contributed by atoms with E-state index in [4.69, 9.17) is 4.74 Å². The minimum Gasteiger partial charge on any atom is -0.453 e. The summed E-state index contributed by atoms with van der Waals surface area (Å²) in [4.78, 5) is 42.0. The van der Waals surface area contributed by atoms with Crippen molar-refractivity contribution in [3.63, 3.8) is 0 Å². The molecule has 10 heteroatoms. The SMILES string of the molecule is O=C(Nc1cn2cc(Oc3ccc(NC(=O)C4(C(=O)Nc5ccccc5)CC4)cc3F)ccc2n1)C1CC1. The van der Waals surface area contributed by atoms with Crippen LogP contribution in [0.15, 0.2) is 73.1 Å². The molecule has 2 aliphatic rings. The number of rotatable bonds is 8. The number of anilines is 3. The Balaban J connectivity index is 1.11. The largest absolute Gasteiger partial charge is 0.453 e. The number of para-hydroxylation sites is 1. The summed E-state index contributed by atoms with van der Waals surface area (Å²) in [5.74, 6) is -0.742. The summed E-state index contributed by atoms with van der Waals surface area (Å²) in [6, 6.07) is 16.3. The van der Waals surface area contributed by atoms with Crippen molar-refractivity contribution in [2.24, 2.45) is 11.3 Å². The van der Waals surface area contributed by atoms with Crippen molar-refractivity contribution >= 4 is 40.6 Å². The number of amides is 3. The van der Waals surface area contributed by atoms with Gasteiger partial charge in [-0.15, -0.1) is 0 Å². The van der Waals surface area contributed by atoms with Crippen molar-refractivity contribution in [1.29, 1.82) is 0 Å². The van der Waals surface area contributed by atoms with Gasteiger partial charge in [-0.25, -0.2) is 9.37 Å². The topological polar surface area (TPSA) is 114 Å². The Morgan fingerprint density at radius 2 is 1.63 bits per heavy atom. The molecule has 2 aromatic carbocycles. The van der Waals surface area contributed by atoms with Crippen molar-refractivity contribution in [2.75, 3.05) is 16.0 Å². The molecule has 2 heterocycles. The summed E-state index contributed by atoms with van der Waals surface area (Å²) in [5, 5.41) is 8.22. The van der Waals surface area contributed by atoms with Gasteiger partial charge in [0.15, 0.2) is 17.4 Å². The van der Waals surface area contributed by atoms with Gasteiger partial charge < -0.3 is 25.1 Å². The molecule has 4 aromatic rings.